The summed E-state index contributed by atoms with van der Waals surface area (Å²) in [5.74, 6) is 0. The Kier molecular flexibility index (Phi) is 8.93. The lowest BCUT2D eigenvalue weighted by molar-refractivity contribution is 0.651. The van der Waals surface area contributed by atoms with Crippen molar-refractivity contribution in [2.24, 2.45) is 0 Å². The van der Waals surface area contributed by atoms with Gasteiger partial charge >= 0.3 is 0 Å². The monoisotopic (exact) mass is 266 g/mol. The molecule has 0 bridgehead atoms. The van der Waals surface area contributed by atoms with Crippen LogP contribution < -0.4 is 0 Å². The predicted molar refractivity (Wildman–Crippen MR) is 61.4 cm³/mol. The van der Waals surface area contributed by atoms with Gasteiger partial charge in [0.2, 0.25) is 0 Å². The Labute approximate surface area is 84.6 Å². The van der Waals surface area contributed by atoms with Gasteiger partial charge in [-0.15, -0.1) is 0 Å². The number of alkyl halides is 1. The fraction of sp³-hybridized carbons (Fsp3) is 0.800. The van der Waals surface area contributed by atoms with Gasteiger partial charge in [0.05, 0.1) is 0 Å². The lowest BCUT2D eigenvalue weighted by Gasteiger charge is -2.00. The Morgan fingerprint density at radius 1 is 1.27 bits per heavy atom. The first kappa shape index (κ1) is 11.5. The number of halogens is 1. The maximum atomic E-state index is 2.50. The van der Waals surface area contributed by atoms with Crippen LogP contribution in [0.25, 0.3) is 0 Å². The van der Waals surface area contributed by atoms with Gasteiger partial charge in [-0.3, -0.25) is 0 Å². The van der Waals surface area contributed by atoms with Gasteiger partial charge in [0, 0.05) is 3.92 Å². The van der Waals surface area contributed by atoms with Crippen molar-refractivity contribution in [3.8, 4) is 0 Å². The van der Waals surface area contributed by atoms with Gasteiger partial charge in [-0.2, -0.15) is 0 Å². The summed E-state index contributed by atoms with van der Waals surface area (Å²) < 4.78 is 0.856. The van der Waals surface area contributed by atoms with E-state index in [9.17, 15) is 0 Å². The summed E-state index contributed by atoms with van der Waals surface area (Å²) in [6, 6.07) is 0. The number of allylic oxidation sites excluding steroid dienone is 2. The smallest absolute Gasteiger partial charge is 0.00813 e. The summed E-state index contributed by atoms with van der Waals surface area (Å²) in [6.45, 7) is 4.37. The first-order valence-corrected chi connectivity index (χ1v) is 5.77. The lowest BCUT2D eigenvalue weighted by atomic mass is 10.1. The zero-order chi connectivity index (χ0) is 8.53. The molecule has 0 spiro atoms. The molecule has 0 heterocycles. The first-order chi connectivity index (χ1) is 5.27. The molecule has 0 radical (unpaired) electrons. The molecule has 0 saturated heterocycles. The molecule has 0 amide bonds. The Bertz CT molecular complexity index is 95.0. The third-order valence-electron chi connectivity index (χ3n) is 1.71. The van der Waals surface area contributed by atoms with Crippen molar-refractivity contribution < 1.29 is 0 Å². The highest BCUT2D eigenvalue weighted by atomic mass is 127. The molecule has 0 fully saturated rings. The maximum absolute atomic E-state index is 2.50. The maximum Gasteiger partial charge on any atom is 0.00813 e. The molecule has 0 N–H and O–H groups in total. The van der Waals surface area contributed by atoms with Gasteiger partial charge < -0.3 is 0 Å². The minimum absolute atomic E-state index is 0.856. The average Bonchev–Trinajstić information content (AvgIpc) is 1.96. The van der Waals surface area contributed by atoms with Crippen LogP contribution in [0.2, 0.25) is 0 Å². The highest BCUT2D eigenvalue weighted by Gasteiger charge is 1.93. The lowest BCUT2D eigenvalue weighted by Crippen LogP contribution is -1.88. The molecule has 66 valence electrons. The van der Waals surface area contributed by atoms with Crippen LogP contribution in [0.15, 0.2) is 12.2 Å². The molecule has 0 saturated carbocycles. The third-order valence-corrected chi connectivity index (χ3v) is 2.33. The summed E-state index contributed by atoms with van der Waals surface area (Å²) in [7, 11) is 0. The highest BCUT2D eigenvalue weighted by molar-refractivity contribution is 14.1. The van der Waals surface area contributed by atoms with E-state index in [-0.39, 0.29) is 0 Å². The minimum Gasteiger partial charge on any atom is -0.0917 e. The molecule has 0 aliphatic rings. The molecular formula is C10H19I. The SMILES string of the molecule is C/C=C/CCCCCC(C)I. The molecule has 0 aromatic heterocycles. The van der Waals surface area contributed by atoms with Crippen molar-refractivity contribution in [3.05, 3.63) is 12.2 Å². The van der Waals surface area contributed by atoms with Crippen molar-refractivity contribution in [1.29, 1.82) is 0 Å². The Morgan fingerprint density at radius 3 is 2.55 bits per heavy atom. The normalized spacial score (nSPS) is 14.1. The van der Waals surface area contributed by atoms with E-state index in [1.165, 1.54) is 32.1 Å². The van der Waals surface area contributed by atoms with Crippen LogP contribution in [0.3, 0.4) is 0 Å². The van der Waals surface area contributed by atoms with Crippen molar-refractivity contribution >= 4 is 22.6 Å². The van der Waals surface area contributed by atoms with Crippen LogP contribution in [0.1, 0.15) is 46.0 Å². The molecule has 0 aliphatic heterocycles. The molecule has 0 aromatic rings. The molecule has 1 heteroatoms. The van der Waals surface area contributed by atoms with Crippen LogP contribution in [-0.2, 0) is 0 Å². The summed E-state index contributed by atoms with van der Waals surface area (Å²) in [6.07, 6.45) is 11.2. The minimum atomic E-state index is 0.856. The molecule has 0 rings (SSSR count). The third kappa shape index (κ3) is 10.5. The standard InChI is InChI=1S/C10H19I/c1-3-4-5-6-7-8-9-10(2)11/h3-4,10H,5-9H2,1-2H3/b4-3+. The molecule has 1 unspecified atom stereocenters. The zero-order valence-electron chi connectivity index (χ0n) is 7.65. The van der Waals surface area contributed by atoms with Crippen molar-refractivity contribution in [2.75, 3.05) is 0 Å². The highest BCUT2D eigenvalue weighted by Crippen LogP contribution is 2.11. The fourth-order valence-corrected chi connectivity index (χ4v) is 1.47. The predicted octanol–water partition coefficient (Wildman–Crippen LogP) is 4.34. The van der Waals surface area contributed by atoms with Gasteiger partial charge in [0.15, 0.2) is 0 Å². The second-order valence-electron chi connectivity index (χ2n) is 2.99. The van der Waals surface area contributed by atoms with Crippen LogP contribution in [0.4, 0.5) is 0 Å². The van der Waals surface area contributed by atoms with Crippen molar-refractivity contribution in [2.45, 2.75) is 49.9 Å². The van der Waals surface area contributed by atoms with Gasteiger partial charge in [-0.05, 0) is 26.2 Å². The van der Waals surface area contributed by atoms with Crippen molar-refractivity contribution in [3.63, 3.8) is 0 Å². The Morgan fingerprint density at radius 2 is 2.00 bits per heavy atom. The van der Waals surface area contributed by atoms with Crippen molar-refractivity contribution in [1.82, 2.24) is 0 Å². The summed E-state index contributed by atoms with van der Waals surface area (Å²) in [5, 5.41) is 0. The number of rotatable bonds is 6. The summed E-state index contributed by atoms with van der Waals surface area (Å²) in [4.78, 5) is 0. The van der Waals surface area contributed by atoms with Crippen LogP contribution in [0, 0.1) is 0 Å². The summed E-state index contributed by atoms with van der Waals surface area (Å²) in [5.41, 5.74) is 0. The van der Waals surface area contributed by atoms with E-state index in [1.807, 2.05) is 0 Å². The van der Waals surface area contributed by atoms with Gasteiger partial charge in [-0.1, -0.05) is 54.5 Å². The first-order valence-electron chi connectivity index (χ1n) is 4.52. The Balaban J connectivity index is 2.91. The van der Waals surface area contributed by atoms with Gasteiger partial charge in [0.1, 0.15) is 0 Å². The molecule has 0 nitrogen and oxygen atoms in total. The van der Waals surface area contributed by atoms with E-state index in [0.29, 0.717) is 0 Å². The molecule has 11 heavy (non-hydrogen) atoms. The van der Waals surface area contributed by atoms with E-state index in [2.05, 4.69) is 48.6 Å². The second-order valence-corrected chi connectivity index (χ2v) is 5.11. The largest absolute Gasteiger partial charge is 0.0917 e. The topological polar surface area (TPSA) is 0 Å². The Hall–Kier alpha value is 0.470. The molecule has 0 aromatic carbocycles. The van der Waals surface area contributed by atoms with E-state index in [0.717, 1.165) is 3.92 Å². The van der Waals surface area contributed by atoms with Crippen LogP contribution in [0.5, 0.6) is 0 Å². The van der Waals surface area contributed by atoms with Gasteiger partial charge in [-0.25, -0.2) is 0 Å². The fourth-order valence-electron chi connectivity index (χ4n) is 1.03. The molecular weight excluding hydrogens is 247 g/mol. The van der Waals surface area contributed by atoms with E-state index >= 15 is 0 Å². The van der Waals surface area contributed by atoms with E-state index in [4.69, 9.17) is 0 Å². The quantitative estimate of drug-likeness (QED) is 0.290. The average molecular weight is 266 g/mol. The number of hydrogen-bond donors (Lipinski definition) is 0. The number of hydrogen-bond acceptors (Lipinski definition) is 0. The number of unbranched alkanes of at least 4 members (excludes halogenated alkanes) is 3. The summed E-state index contributed by atoms with van der Waals surface area (Å²) >= 11 is 2.50. The van der Waals surface area contributed by atoms with E-state index < -0.39 is 0 Å². The molecule has 1 atom stereocenters. The van der Waals surface area contributed by atoms with Crippen LogP contribution >= 0.6 is 22.6 Å². The second kappa shape index (κ2) is 8.57. The molecule has 0 aliphatic carbocycles. The van der Waals surface area contributed by atoms with Crippen LogP contribution in [-0.4, -0.2) is 3.92 Å². The zero-order valence-corrected chi connectivity index (χ0v) is 9.80. The van der Waals surface area contributed by atoms with Gasteiger partial charge in [0.25, 0.3) is 0 Å². The van der Waals surface area contributed by atoms with E-state index in [1.54, 1.807) is 0 Å².